The van der Waals surface area contributed by atoms with Crippen LogP contribution < -0.4 is 5.73 Å². The van der Waals surface area contributed by atoms with E-state index in [0.717, 1.165) is 16.5 Å². The van der Waals surface area contributed by atoms with Crippen LogP contribution >= 0.6 is 15.9 Å². The molecule has 0 aliphatic heterocycles. The maximum atomic E-state index is 5.69. The lowest BCUT2D eigenvalue weighted by atomic mass is 10.1. The van der Waals surface area contributed by atoms with E-state index >= 15 is 0 Å². The number of hydrogen-bond acceptors (Lipinski definition) is 2. The van der Waals surface area contributed by atoms with E-state index in [1.807, 2.05) is 12.1 Å². The standard InChI is InChI=1S/C10H10BrN3/c11-9-3-1-7(2-4-9)5-8-6-13-14-10(8)12/h1-4,6H,5H2,(H3,12,13,14). The highest BCUT2D eigenvalue weighted by Gasteiger charge is 2.01. The number of nitrogens with two attached hydrogens (primary N) is 1. The van der Waals surface area contributed by atoms with Crippen LogP contribution in [0.15, 0.2) is 34.9 Å². The third kappa shape index (κ3) is 1.96. The van der Waals surface area contributed by atoms with Crippen LogP contribution in [0.5, 0.6) is 0 Å². The van der Waals surface area contributed by atoms with Crippen molar-refractivity contribution in [2.75, 3.05) is 5.73 Å². The fourth-order valence-corrected chi connectivity index (χ4v) is 1.55. The van der Waals surface area contributed by atoms with Gasteiger partial charge in [0.2, 0.25) is 0 Å². The smallest absolute Gasteiger partial charge is 0.122 e. The van der Waals surface area contributed by atoms with Crippen LogP contribution in [-0.4, -0.2) is 10.2 Å². The van der Waals surface area contributed by atoms with Crippen molar-refractivity contribution in [3.63, 3.8) is 0 Å². The molecule has 3 nitrogen and oxygen atoms in total. The number of H-pyrrole nitrogens is 1. The quantitative estimate of drug-likeness (QED) is 0.861. The second-order valence-corrected chi connectivity index (χ2v) is 4.03. The summed E-state index contributed by atoms with van der Waals surface area (Å²) in [6.07, 6.45) is 2.58. The largest absolute Gasteiger partial charge is 0.384 e. The van der Waals surface area contributed by atoms with Crippen molar-refractivity contribution in [2.24, 2.45) is 0 Å². The Hall–Kier alpha value is -1.29. The SMILES string of the molecule is Nc1[nH]ncc1Cc1ccc(Br)cc1. The van der Waals surface area contributed by atoms with Crippen molar-refractivity contribution >= 4 is 21.7 Å². The zero-order valence-electron chi connectivity index (χ0n) is 7.50. The first-order valence-electron chi connectivity index (χ1n) is 4.28. The molecule has 0 spiro atoms. The molecule has 0 radical (unpaired) electrons. The van der Waals surface area contributed by atoms with Gasteiger partial charge in [-0.3, -0.25) is 5.10 Å². The van der Waals surface area contributed by atoms with Crippen LogP contribution in [0.4, 0.5) is 5.82 Å². The number of anilines is 1. The summed E-state index contributed by atoms with van der Waals surface area (Å²) in [6.45, 7) is 0. The average Bonchev–Trinajstić information content (AvgIpc) is 2.56. The normalized spacial score (nSPS) is 10.4. The van der Waals surface area contributed by atoms with Crippen LogP contribution in [-0.2, 0) is 6.42 Å². The van der Waals surface area contributed by atoms with E-state index in [0.29, 0.717) is 5.82 Å². The van der Waals surface area contributed by atoms with E-state index in [1.54, 1.807) is 6.20 Å². The van der Waals surface area contributed by atoms with E-state index in [-0.39, 0.29) is 0 Å². The molecule has 0 saturated carbocycles. The van der Waals surface area contributed by atoms with E-state index in [9.17, 15) is 0 Å². The molecule has 2 aromatic rings. The molecule has 0 fully saturated rings. The average molecular weight is 252 g/mol. The third-order valence-corrected chi connectivity index (χ3v) is 2.59. The molecule has 4 heteroatoms. The summed E-state index contributed by atoms with van der Waals surface area (Å²) >= 11 is 3.39. The third-order valence-electron chi connectivity index (χ3n) is 2.06. The maximum Gasteiger partial charge on any atom is 0.122 e. The summed E-state index contributed by atoms with van der Waals surface area (Å²) in [5, 5.41) is 6.59. The molecule has 0 amide bonds. The Balaban J connectivity index is 2.19. The molecule has 0 atom stereocenters. The predicted octanol–water partition coefficient (Wildman–Crippen LogP) is 2.35. The molecule has 1 heterocycles. The molecule has 3 N–H and O–H groups in total. The van der Waals surface area contributed by atoms with Gasteiger partial charge in [0.25, 0.3) is 0 Å². The summed E-state index contributed by atoms with van der Waals surface area (Å²) in [5.41, 5.74) is 7.95. The van der Waals surface area contributed by atoms with E-state index in [1.165, 1.54) is 5.56 Å². The van der Waals surface area contributed by atoms with Crippen molar-refractivity contribution in [3.8, 4) is 0 Å². The summed E-state index contributed by atoms with van der Waals surface area (Å²) in [6, 6.07) is 8.17. The summed E-state index contributed by atoms with van der Waals surface area (Å²) < 4.78 is 1.08. The predicted molar refractivity (Wildman–Crippen MR) is 59.9 cm³/mol. The Bertz CT molecular complexity index is 419. The second-order valence-electron chi connectivity index (χ2n) is 3.11. The van der Waals surface area contributed by atoms with E-state index in [2.05, 4.69) is 38.3 Å². The molecule has 0 bridgehead atoms. The minimum Gasteiger partial charge on any atom is -0.384 e. The zero-order chi connectivity index (χ0) is 9.97. The summed E-state index contributed by atoms with van der Waals surface area (Å²) in [4.78, 5) is 0. The Kier molecular flexibility index (Phi) is 2.54. The molecule has 2 rings (SSSR count). The van der Waals surface area contributed by atoms with Gasteiger partial charge in [-0.2, -0.15) is 5.10 Å². The Morgan fingerprint density at radius 3 is 2.57 bits per heavy atom. The van der Waals surface area contributed by atoms with Crippen LogP contribution in [0.25, 0.3) is 0 Å². The molecule has 1 aromatic carbocycles. The maximum absolute atomic E-state index is 5.69. The van der Waals surface area contributed by atoms with Gasteiger partial charge in [0.1, 0.15) is 5.82 Å². The van der Waals surface area contributed by atoms with Gasteiger partial charge in [-0.1, -0.05) is 28.1 Å². The van der Waals surface area contributed by atoms with E-state index < -0.39 is 0 Å². The van der Waals surface area contributed by atoms with Crippen LogP contribution in [0.2, 0.25) is 0 Å². The number of nitrogens with zero attached hydrogens (tertiary/aromatic N) is 1. The lowest BCUT2D eigenvalue weighted by Crippen LogP contribution is -1.92. The first-order valence-corrected chi connectivity index (χ1v) is 5.07. The number of benzene rings is 1. The molecule has 0 saturated heterocycles. The molecule has 1 aromatic heterocycles. The fourth-order valence-electron chi connectivity index (χ4n) is 1.28. The number of nitrogen functional groups attached to an aromatic ring is 1. The first kappa shape index (κ1) is 9.27. The fraction of sp³-hybridized carbons (Fsp3) is 0.100. The van der Waals surface area contributed by atoms with Crippen molar-refractivity contribution in [2.45, 2.75) is 6.42 Å². The van der Waals surface area contributed by atoms with Gasteiger partial charge < -0.3 is 5.73 Å². The molecule has 0 aliphatic carbocycles. The van der Waals surface area contributed by atoms with Gasteiger partial charge in [-0.05, 0) is 17.7 Å². The number of hydrogen-bond donors (Lipinski definition) is 2. The van der Waals surface area contributed by atoms with Gasteiger partial charge in [0, 0.05) is 16.5 Å². The summed E-state index contributed by atoms with van der Waals surface area (Å²) in [7, 11) is 0. The lowest BCUT2D eigenvalue weighted by Gasteiger charge is -1.99. The number of aromatic amines is 1. The number of aromatic nitrogens is 2. The Morgan fingerprint density at radius 1 is 1.29 bits per heavy atom. The van der Waals surface area contributed by atoms with Gasteiger partial charge in [-0.25, -0.2) is 0 Å². The minimum absolute atomic E-state index is 0.646. The van der Waals surface area contributed by atoms with Crippen LogP contribution in [0, 0.1) is 0 Å². The Labute approximate surface area is 90.5 Å². The second kappa shape index (κ2) is 3.84. The molecule has 0 aliphatic rings. The number of rotatable bonds is 2. The molecular formula is C10H10BrN3. The highest BCUT2D eigenvalue weighted by atomic mass is 79.9. The van der Waals surface area contributed by atoms with Crippen LogP contribution in [0.3, 0.4) is 0 Å². The molecule has 14 heavy (non-hydrogen) atoms. The highest BCUT2D eigenvalue weighted by Crippen LogP contribution is 2.16. The van der Waals surface area contributed by atoms with Crippen molar-refractivity contribution < 1.29 is 0 Å². The van der Waals surface area contributed by atoms with Gasteiger partial charge >= 0.3 is 0 Å². The van der Waals surface area contributed by atoms with Crippen LogP contribution in [0.1, 0.15) is 11.1 Å². The molecule has 0 unspecified atom stereocenters. The molecular weight excluding hydrogens is 242 g/mol. The van der Waals surface area contributed by atoms with Crippen molar-refractivity contribution in [3.05, 3.63) is 46.1 Å². The lowest BCUT2D eigenvalue weighted by molar-refractivity contribution is 1.10. The number of nitrogens with one attached hydrogen (secondary N) is 1. The van der Waals surface area contributed by atoms with Gasteiger partial charge in [0.05, 0.1) is 6.20 Å². The van der Waals surface area contributed by atoms with Gasteiger partial charge in [0.15, 0.2) is 0 Å². The molecule has 72 valence electrons. The van der Waals surface area contributed by atoms with Crippen molar-refractivity contribution in [1.82, 2.24) is 10.2 Å². The van der Waals surface area contributed by atoms with Crippen molar-refractivity contribution in [1.29, 1.82) is 0 Å². The highest BCUT2D eigenvalue weighted by molar-refractivity contribution is 9.10. The summed E-state index contributed by atoms with van der Waals surface area (Å²) in [5.74, 6) is 0.646. The minimum atomic E-state index is 0.646. The first-order chi connectivity index (χ1) is 6.75. The zero-order valence-corrected chi connectivity index (χ0v) is 9.08. The Morgan fingerprint density at radius 2 is 2.00 bits per heavy atom. The topological polar surface area (TPSA) is 54.7 Å². The number of halogens is 1. The van der Waals surface area contributed by atoms with Gasteiger partial charge in [-0.15, -0.1) is 0 Å². The van der Waals surface area contributed by atoms with E-state index in [4.69, 9.17) is 5.73 Å². The monoisotopic (exact) mass is 251 g/mol.